The average molecular weight is 286 g/mol. The molecule has 1 aromatic carbocycles. The van der Waals surface area contributed by atoms with Crippen LogP contribution in [-0.4, -0.2) is 25.2 Å². The van der Waals surface area contributed by atoms with Crippen molar-refractivity contribution in [2.24, 2.45) is 5.73 Å². The first-order valence-corrected chi connectivity index (χ1v) is 7.39. The van der Waals surface area contributed by atoms with E-state index in [1.54, 1.807) is 0 Å². The van der Waals surface area contributed by atoms with Crippen LogP contribution in [0.5, 0.6) is 0 Å². The highest BCUT2D eigenvalue weighted by Crippen LogP contribution is 2.18. The minimum absolute atomic E-state index is 0.0221. The molecule has 1 fully saturated rings. The Morgan fingerprint density at radius 2 is 2.33 bits per heavy atom. The number of ether oxygens (including phenoxy) is 1. The normalized spacial score (nSPS) is 17.1. The average Bonchev–Trinajstić information content (AvgIpc) is 2.95. The van der Waals surface area contributed by atoms with Crippen LogP contribution in [0, 0.1) is 18.8 Å². The van der Waals surface area contributed by atoms with E-state index < -0.39 is 0 Å². The van der Waals surface area contributed by atoms with Crippen molar-refractivity contribution in [3.8, 4) is 11.8 Å². The van der Waals surface area contributed by atoms with Crippen LogP contribution in [0.15, 0.2) is 18.2 Å². The second-order valence-corrected chi connectivity index (χ2v) is 5.32. The van der Waals surface area contributed by atoms with Gasteiger partial charge in [-0.3, -0.25) is 4.79 Å². The zero-order chi connectivity index (χ0) is 15.1. The van der Waals surface area contributed by atoms with Crippen LogP contribution in [0.25, 0.3) is 0 Å². The fourth-order valence-electron chi connectivity index (χ4n) is 2.47. The summed E-state index contributed by atoms with van der Waals surface area (Å²) in [5.74, 6) is 5.83. The number of amides is 1. The number of carbonyl (C=O) groups excluding carboxylic acids is 1. The van der Waals surface area contributed by atoms with Crippen molar-refractivity contribution < 1.29 is 9.53 Å². The number of rotatable bonds is 4. The second-order valence-electron chi connectivity index (χ2n) is 5.32. The molecule has 0 aliphatic carbocycles. The molecule has 0 bridgehead atoms. The van der Waals surface area contributed by atoms with Gasteiger partial charge in [-0.05, 0) is 49.9 Å². The standard InChI is InChI=1S/C17H22N2O2/c1-13-10-14(4-2-8-18)12-15(11-13)19-17(20)7-6-16-5-3-9-21-16/h10-12,16H,3,5-9,18H2,1H3,(H,19,20). The van der Waals surface area contributed by atoms with E-state index in [2.05, 4.69) is 17.2 Å². The van der Waals surface area contributed by atoms with Gasteiger partial charge in [-0.1, -0.05) is 11.8 Å². The molecule has 4 nitrogen and oxygen atoms in total. The van der Waals surface area contributed by atoms with Gasteiger partial charge in [0.15, 0.2) is 0 Å². The van der Waals surface area contributed by atoms with Crippen LogP contribution in [-0.2, 0) is 9.53 Å². The topological polar surface area (TPSA) is 64.3 Å². The maximum atomic E-state index is 12.0. The summed E-state index contributed by atoms with van der Waals surface area (Å²) in [5, 5.41) is 2.93. The molecule has 1 aliphatic heterocycles. The summed E-state index contributed by atoms with van der Waals surface area (Å²) in [6, 6.07) is 5.79. The summed E-state index contributed by atoms with van der Waals surface area (Å²) in [4.78, 5) is 12.0. The molecule has 0 radical (unpaired) electrons. The van der Waals surface area contributed by atoms with Crippen LogP contribution in [0.4, 0.5) is 5.69 Å². The summed E-state index contributed by atoms with van der Waals surface area (Å²) in [6.07, 6.45) is 3.70. The fraction of sp³-hybridized carbons (Fsp3) is 0.471. The third kappa shape index (κ3) is 5.22. The quantitative estimate of drug-likeness (QED) is 0.834. The van der Waals surface area contributed by atoms with Gasteiger partial charge in [-0.25, -0.2) is 0 Å². The van der Waals surface area contributed by atoms with Crippen molar-refractivity contribution in [3.05, 3.63) is 29.3 Å². The van der Waals surface area contributed by atoms with E-state index >= 15 is 0 Å². The number of anilines is 1. The lowest BCUT2D eigenvalue weighted by atomic mass is 10.1. The lowest BCUT2D eigenvalue weighted by molar-refractivity contribution is -0.116. The Morgan fingerprint density at radius 1 is 1.48 bits per heavy atom. The molecular formula is C17H22N2O2. The molecule has 1 unspecified atom stereocenters. The Morgan fingerprint density at radius 3 is 3.05 bits per heavy atom. The number of hydrogen-bond acceptors (Lipinski definition) is 3. The summed E-state index contributed by atoms with van der Waals surface area (Å²) < 4.78 is 5.53. The van der Waals surface area contributed by atoms with Gasteiger partial charge in [0.1, 0.15) is 0 Å². The summed E-state index contributed by atoms with van der Waals surface area (Å²) in [7, 11) is 0. The molecule has 4 heteroatoms. The van der Waals surface area contributed by atoms with Gasteiger partial charge in [0.25, 0.3) is 0 Å². The van der Waals surface area contributed by atoms with Crippen LogP contribution in [0.2, 0.25) is 0 Å². The Kier molecular flexibility index (Phi) is 5.79. The van der Waals surface area contributed by atoms with Crippen LogP contribution < -0.4 is 11.1 Å². The fourth-order valence-corrected chi connectivity index (χ4v) is 2.47. The van der Waals surface area contributed by atoms with Gasteiger partial charge in [-0.2, -0.15) is 0 Å². The number of carbonyl (C=O) groups is 1. The molecule has 3 N–H and O–H groups in total. The molecule has 112 valence electrons. The largest absolute Gasteiger partial charge is 0.378 e. The predicted molar refractivity (Wildman–Crippen MR) is 83.9 cm³/mol. The number of aryl methyl sites for hydroxylation is 1. The monoisotopic (exact) mass is 286 g/mol. The van der Waals surface area contributed by atoms with E-state index in [-0.39, 0.29) is 12.0 Å². The highest BCUT2D eigenvalue weighted by atomic mass is 16.5. The van der Waals surface area contributed by atoms with Crippen molar-refractivity contribution in [1.29, 1.82) is 0 Å². The van der Waals surface area contributed by atoms with E-state index in [1.165, 1.54) is 0 Å². The maximum Gasteiger partial charge on any atom is 0.224 e. The first-order valence-electron chi connectivity index (χ1n) is 7.39. The number of benzene rings is 1. The predicted octanol–water partition coefficient (Wildman–Crippen LogP) is 2.20. The van der Waals surface area contributed by atoms with Gasteiger partial charge in [0.05, 0.1) is 12.6 Å². The SMILES string of the molecule is Cc1cc(C#CCN)cc(NC(=O)CCC2CCCO2)c1. The van der Waals surface area contributed by atoms with E-state index in [1.807, 2.05) is 25.1 Å². The Hall–Kier alpha value is -1.83. The van der Waals surface area contributed by atoms with Crippen LogP contribution in [0.1, 0.15) is 36.8 Å². The van der Waals surface area contributed by atoms with Crippen molar-refractivity contribution in [2.45, 2.75) is 38.7 Å². The molecule has 1 aromatic rings. The second kappa shape index (κ2) is 7.82. The van der Waals surface area contributed by atoms with Gasteiger partial charge in [0, 0.05) is 24.3 Å². The van der Waals surface area contributed by atoms with Crippen LogP contribution in [0.3, 0.4) is 0 Å². The third-order valence-electron chi connectivity index (χ3n) is 3.41. The van der Waals surface area contributed by atoms with Gasteiger partial charge in [0.2, 0.25) is 5.91 Å². The molecule has 0 aromatic heterocycles. The van der Waals surface area contributed by atoms with E-state index in [0.717, 1.165) is 42.7 Å². The summed E-state index contributed by atoms with van der Waals surface area (Å²) in [6.45, 7) is 3.14. The Labute approximate surface area is 126 Å². The zero-order valence-electron chi connectivity index (χ0n) is 12.4. The third-order valence-corrected chi connectivity index (χ3v) is 3.41. The van der Waals surface area contributed by atoms with Gasteiger partial charge >= 0.3 is 0 Å². The number of nitrogens with one attached hydrogen (secondary N) is 1. The van der Waals surface area contributed by atoms with Gasteiger partial charge in [-0.15, -0.1) is 0 Å². The van der Waals surface area contributed by atoms with Gasteiger partial charge < -0.3 is 15.8 Å². The lowest BCUT2D eigenvalue weighted by Crippen LogP contribution is -2.15. The highest BCUT2D eigenvalue weighted by Gasteiger charge is 2.16. The minimum Gasteiger partial charge on any atom is -0.378 e. The minimum atomic E-state index is 0.0221. The molecule has 21 heavy (non-hydrogen) atoms. The molecule has 1 amide bonds. The first kappa shape index (κ1) is 15.6. The summed E-state index contributed by atoms with van der Waals surface area (Å²) in [5.41, 5.74) is 8.10. The smallest absolute Gasteiger partial charge is 0.224 e. The zero-order valence-corrected chi connectivity index (χ0v) is 12.4. The Balaban J connectivity index is 1.91. The van der Waals surface area contributed by atoms with Crippen LogP contribution >= 0.6 is 0 Å². The number of nitrogens with two attached hydrogens (primary N) is 1. The molecule has 1 atom stereocenters. The molecule has 0 spiro atoms. The lowest BCUT2D eigenvalue weighted by Gasteiger charge is -2.10. The first-order chi connectivity index (χ1) is 10.2. The molecule has 1 heterocycles. The maximum absolute atomic E-state index is 12.0. The molecule has 2 rings (SSSR count). The molecule has 0 saturated carbocycles. The van der Waals surface area contributed by atoms with E-state index in [9.17, 15) is 4.79 Å². The highest BCUT2D eigenvalue weighted by molar-refractivity contribution is 5.91. The Bertz CT molecular complexity index is 552. The molecule has 1 saturated heterocycles. The summed E-state index contributed by atoms with van der Waals surface area (Å²) >= 11 is 0. The molecular weight excluding hydrogens is 264 g/mol. The van der Waals surface area contributed by atoms with Crippen molar-refractivity contribution in [2.75, 3.05) is 18.5 Å². The van der Waals surface area contributed by atoms with Crippen molar-refractivity contribution in [3.63, 3.8) is 0 Å². The molecule has 1 aliphatic rings. The van der Waals surface area contributed by atoms with Crippen molar-refractivity contribution in [1.82, 2.24) is 0 Å². The van der Waals surface area contributed by atoms with E-state index in [4.69, 9.17) is 10.5 Å². The van der Waals surface area contributed by atoms with E-state index in [0.29, 0.717) is 13.0 Å². The number of hydrogen-bond donors (Lipinski definition) is 2. The van der Waals surface area contributed by atoms with Crippen molar-refractivity contribution >= 4 is 11.6 Å².